The van der Waals surface area contributed by atoms with Gasteiger partial charge in [0.25, 0.3) is 0 Å². The van der Waals surface area contributed by atoms with Gasteiger partial charge < -0.3 is 4.57 Å². The van der Waals surface area contributed by atoms with Crippen LogP contribution in [0.2, 0.25) is 0 Å². The molecular formula is C15H22ClN5. The Labute approximate surface area is 129 Å². The van der Waals surface area contributed by atoms with Gasteiger partial charge in [-0.1, -0.05) is 0 Å². The topological polar surface area (TPSA) is 38.9 Å². The van der Waals surface area contributed by atoms with Gasteiger partial charge >= 0.3 is 0 Å². The molecule has 0 aliphatic carbocycles. The molecule has 6 heteroatoms. The van der Waals surface area contributed by atoms with Crippen LogP contribution >= 0.6 is 11.6 Å². The number of aromatic nitrogens is 4. The summed E-state index contributed by atoms with van der Waals surface area (Å²) in [6, 6.07) is 1.16. The Kier molecular flexibility index (Phi) is 3.23. The maximum atomic E-state index is 6.20. The van der Waals surface area contributed by atoms with Crippen molar-refractivity contribution in [2.45, 2.75) is 57.6 Å². The molecule has 0 spiro atoms. The van der Waals surface area contributed by atoms with Crippen LogP contribution in [-0.4, -0.2) is 43.4 Å². The minimum atomic E-state index is 0.473. The highest BCUT2D eigenvalue weighted by Gasteiger charge is 2.40. The molecule has 2 aromatic rings. The first-order chi connectivity index (χ1) is 10.2. The number of halogens is 1. The lowest BCUT2D eigenvalue weighted by atomic mass is 10.1. The Balaban J connectivity index is 1.90. The summed E-state index contributed by atoms with van der Waals surface area (Å²) in [5, 5.41) is 4.64. The zero-order chi connectivity index (χ0) is 14.6. The summed E-state index contributed by atoms with van der Waals surface area (Å²) >= 11 is 6.20. The zero-order valence-electron chi connectivity index (χ0n) is 12.7. The summed E-state index contributed by atoms with van der Waals surface area (Å²) in [7, 11) is 0. The van der Waals surface area contributed by atoms with E-state index in [1.807, 2.05) is 6.92 Å². The van der Waals surface area contributed by atoms with Crippen molar-refractivity contribution in [3.05, 3.63) is 11.5 Å². The second-order valence-electron chi connectivity index (χ2n) is 6.21. The third-order valence-corrected chi connectivity index (χ3v) is 5.38. The highest BCUT2D eigenvalue weighted by atomic mass is 35.5. The second kappa shape index (κ2) is 4.99. The van der Waals surface area contributed by atoms with Gasteiger partial charge in [-0.15, -0.1) is 11.6 Å². The van der Waals surface area contributed by atoms with E-state index in [1.54, 1.807) is 0 Å². The molecule has 0 amide bonds. The molecule has 2 saturated heterocycles. The van der Waals surface area contributed by atoms with Crippen LogP contribution in [0.15, 0.2) is 0 Å². The molecule has 0 N–H and O–H groups in total. The van der Waals surface area contributed by atoms with E-state index in [-0.39, 0.29) is 0 Å². The van der Waals surface area contributed by atoms with Crippen LogP contribution in [-0.2, 0) is 12.4 Å². The predicted molar refractivity (Wildman–Crippen MR) is 83.7 cm³/mol. The largest absolute Gasteiger partial charge is 0.307 e. The summed E-state index contributed by atoms with van der Waals surface area (Å²) in [5.74, 6) is 1.48. The SMILES string of the molecule is CCn1nc(C)c2nc(CCl)n(C3CCN4CCCC34)c21. The zero-order valence-corrected chi connectivity index (χ0v) is 13.5. The van der Waals surface area contributed by atoms with Gasteiger partial charge in [0.05, 0.1) is 17.6 Å². The molecule has 0 saturated carbocycles. The van der Waals surface area contributed by atoms with Gasteiger partial charge in [0, 0.05) is 19.1 Å². The molecule has 114 valence electrons. The van der Waals surface area contributed by atoms with Crippen molar-refractivity contribution in [3.63, 3.8) is 0 Å². The molecular weight excluding hydrogens is 286 g/mol. The summed E-state index contributed by atoms with van der Waals surface area (Å²) < 4.78 is 4.49. The lowest BCUT2D eigenvalue weighted by Gasteiger charge is -2.23. The van der Waals surface area contributed by atoms with Crippen LogP contribution in [0.5, 0.6) is 0 Å². The quantitative estimate of drug-likeness (QED) is 0.818. The van der Waals surface area contributed by atoms with Crippen LogP contribution in [0.25, 0.3) is 11.2 Å². The first-order valence-corrected chi connectivity index (χ1v) is 8.52. The molecule has 0 radical (unpaired) electrons. The summed E-state index contributed by atoms with van der Waals surface area (Å²) in [4.78, 5) is 7.42. The van der Waals surface area contributed by atoms with Crippen LogP contribution in [0.4, 0.5) is 0 Å². The fourth-order valence-electron chi connectivity index (χ4n) is 4.25. The molecule has 2 aromatic heterocycles. The van der Waals surface area contributed by atoms with E-state index in [1.165, 1.54) is 38.0 Å². The summed E-state index contributed by atoms with van der Waals surface area (Å²) in [6.45, 7) is 7.51. The van der Waals surface area contributed by atoms with Crippen molar-refractivity contribution in [3.8, 4) is 0 Å². The maximum Gasteiger partial charge on any atom is 0.159 e. The Morgan fingerprint density at radius 2 is 2.10 bits per heavy atom. The van der Waals surface area contributed by atoms with E-state index in [2.05, 4.69) is 26.2 Å². The van der Waals surface area contributed by atoms with Crippen LogP contribution in [0, 0.1) is 6.92 Å². The molecule has 5 nitrogen and oxygen atoms in total. The number of hydrogen-bond acceptors (Lipinski definition) is 3. The highest BCUT2D eigenvalue weighted by Crippen LogP contribution is 2.39. The van der Waals surface area contributed by atoms with Gasteiger partial charge in [-0.3, -0.25) is 4.90 Å². The third-order valence-electron chi connectivity index (χ3n) is 5.14. The number of aryl methyl sites for hydroxylation is 2. The normalized spacial score (nSPS) is 26.0. The monoisotopic (exact) mass is 307 g/mol. The smallest absolute Gasteiger partial charge is 0.159 e. The van der Waals surface area contributed by atoms with E-state index in [0.29, 0.717) is 18.0 Å². The van der Waals surface area contributed by atoms with Crippen molar-refractivity contribution >= 4 is 22.8 Å². The number of hydrogen-bond donors (Lipinski definition) is 0. The van der Waals surface area contributed by atoms with E-state index in [4.69, 9.17) is 16.6 Å². The number of alkyl halides is 1. The standard InChI is InChI=1S/C15H22ClN5/c1-3-20-15-14(10(2)18-20)17-13(9-16)21(15)12-6-8-19-7-4-5-11(12)19/h11-12H,3-9H2,1-2H3. The summed E-state index contributed by atoms with van der Waals surface area (Å²) in [6.07, 6.45) is 3.82. The van der Waals surface area contributed by atoms with E-state index in [0.717, 1.165) is 23.6 Å². The van der Waals surface area contributed by atoms with Gasteiger partial charge in [-0.2, -0.15) is 5.10 Å². The Morgan fingerprint density at radius 1 is 1.24 bits per heavy atom. The number of rotatable bonds is 3. The molecule has 2 fully saturated rings. The first-order valence-electron chi connectivity index (χ1n) is 7.98. The fourth-order valence-corrected chi connectivity index (χ4v) is 4.44. The average molecular weight is 308 g/mol. The molecule has 4 heterocycles. The van der Waals surface area contributed by atoms with Gasteiger partial charge in [-0.05, 0) is 39.7 Å². The highest BCUT2D eigenvalue weighted by molar-refractivity contribution is 6.16. The van der Waals surface area contributed by atoms with Crippen molar-refractivity contribution < 1.29 is 0 Å². The molecule has 2 atom stereocenters. The number of imidazole rings is 1. The maximum absolute atomic E-state index is 6.20. The van der Waals surface area contributed by atoms with Crippen molar-refractivity contribution in [1.82, 2.24) is 24.2 Å². The second-order valence-corrected chi connectivity index (χ2v) is 6.47. The number of fused-ring (bicyclic) bond motifs is 2. The van der Waals surface area contributed by atoms with Crippen LogP contribution in [0.3, 0.4) is 0 Å². The summed E-state index contributed by atoms with van der Waals surface area (Å²) in [5.41, 5.74) is 3.21. The van der Waals surface area contributed by atoms with Crippen molar-refractivity contribution in [2.75, 3.05) is 13.1 Å². The molecule has 2 aliphatic rings. The lowest BCUT2D eigenvalue weighted by molar-refractivity contribution is 0.289. The fraction of sp³-hybridized carbons (Fsp3) is 0.733. The predicted octanol–water partition coefficient (Wildman–Crippen LogP) is 2.71. The molecule has 21 heavy (non-hydrogen) atoms. The van der Waals surface area contributed by atoms with Crippen LogP contribution in [0.1, 0.15) is 43.7 Å². The molecule has 4 rings (SSSR count). The first kappa shape index (κ1) is 13.6. The van der Waals surface area contributed by atoms with Gasteiger partial charge in [0.15, 0.2) is 5.65 Å². The van der Waals surface area contributed by atoms with E-state index in [9.17, 15) is 0 Å². The van der Waals surface area contributed by atoms with E-state index < -0.39 is 0 Å². The average Bonchev–Trinajstić information content (AvgIpc) is 3.19. The van der Waals surface area contributed by atoms with Gasteiger partial charge in [-0.25, -0.2) is 9.67 Å². The lowest BCUT2D eigenvalue weighted by Crippen LogP contribution is -2.28. The molecule has 2 aliphatic heterocycles. The van der Waals surface area contributed by atoms with E-state index >= 15 is 0 Å². The Hall–Kier alpha value is -1.07. The minimum Gasteiger partial charge on any atom is -0.307 e. The third kappa shape index (κ3) is 1.87. The van der Waals surface area contributed by atoms with Crippen molar-refractivity contribution in [2.24, 2.45) is 0 Å². The number of nitrogens with zero attached hydrogens (tertiary/aromatic N) is 5. The molecule has 2 unspecified atom stereocenters. The van der Waals surface area contributed by atoms with Crippen LogP contribution < -0.4 is 0 Å². The minimum absolute atomic E-state index is 0.473. The molecule has 0 bridgehead atoms. The van der Waals surface area contributed by atoms with Crippen molar-refractivity contribution in [1.29, 1.82) is 0 Å². The Morgan fingerprint density at radius 3 is 2.86 bits per heavy atom. The van der Waals surface area contributed by atoms with Gasteiger partial charge in [0.1, 0.15) is 11.3 Å². The molecule has 0 aromatic carbocycles. The van der Waals surface area contributed by atoms with Gasteiger partial charge in [0.2, 0.25) is 0 Å². The Bertz CT molecular complexity index is 673.